The number of alkyl halides is 2. The number of ether oxygens (including phenoxy) is 2. The molecule has 0 N–H and O–H groups in total. The van der Waals surface area contributed by atoms with Gasteiger partial charge in [-0.25, -0.2) is 4.39 Å². The Hall–Kier alpha value is -2.64. The van der Waals surface area contributed by atoms with Crippen molar-refractivity contribution in [2.45, 2.75) is 32.0 Å². The molecule has 0 fully saturated rings. The molecule has 126 valence electrons. The third kappa shape index (κ3) is 3.32. The van der Waals surface area contributed by atoms with Crippen LogP contribution in [0.2, 0.25) is 0 Å². The van der Waals surface area contributed by atoms with Crippen LogP contribution < -0.4 is 9.47 Å². The molecule has 0 saturated heterocycles. The van der Waals surface area contributed by atoms with E-state index in [0.29, 0.717) is 6.42 Å². The summed E-state index contributed by atoms with van der Waals surface area (Å²) in [5.74, 6) is -2.02. The van der Waals surface area contributed by atoms with Crippen LogP contribution >= 0.6 is 0 Å². The van der Waals surface area contributed by atoms with Gasteiger partial charge in [0, 0.05) is 31.0 Å². The molecule has 3 rings (SSSR count). The average Bonchev–Trinajstić information content (AvgIpc) is 2.85. The van der Waals surface area contributed by atoms with Gasteiger partial charge in [-0.15, -0.1) is 8.78 Å². The molecule has 0 atom stereocenters. The lowest BCUT2D eigenvalue weighted by Gasteiger charge is -2.07. The summed E-state index contributed by atoms with van der Waals surface area (Å²) in [7, 11) is 0. The van der Waals surface area contributed by atoms with E-state index in [4.69, 9.17) is 0 Å². The van der Waals surface area contributed by atoms with E-state index in [1.165, 1.54) is 18.3 Å². The van der Waals surface area contributed by atoms with Crippen molar-refractivity contribution < 1.29 is 32.2 Å². The van der Waals surface area contributed by atoms with Crippen molar-refractivity contribution in [3.8, 4) is 11.5 Å². The Morgan fingerprint density at radius 1 is 1.12 bits per heavy atom. The van der Waals surface area contributed by atoms with E-state index in [0.717, 1.165) is 6.07 Å². The summed E-state index contributed by atoms with van der Waals surface area (Å²) in [4.78, 5) is 27.7. The number of hydrogen-bond acceptors (Lipinski definition) is 5. The molecular formula is C16H12F3NO4. The molecule has 0 aliphatic carbocycles. The molecule has 2 aliphatic rings. The number of hydrogen-bond donors (Lipinski definition) is 0. The highest BCUT2D eigenvalue weighted by molar-refractivity contribution is 6.02. The quantitative estimate of drug-likeness (QED) is 0.769. The minimum Gasteiger partial charge on any atom is -0.395 e. The number of carbonyl (C=O) groups is 2. The van der Waals surface area contributed by atoms with Gasteiger partial charge in [0.2, 0.25) is 0 Å². The summed E-state index contributed by atoms with van der Waals surface area (Å²) in [5.41, 5.74) is -0.149. The molecule has 2 heterocycles. The standard InChI is InChI=1S/C16H12F3NO4/c17-10-2-1-7-20-15(10)12(22)5-4-11(21)9-3-6-13-14(8-9)24-16(18,19)23-13/h3,6-8H,1-2,4-5H2. The first-order valence-corrected chi connectivity index (χ1v) is 7.23. The van der Waals surface area contributed by atoms with Gasteiger partial charge >= 0.3 is 6.29 Å². The van der Waals surface area contributed by atoms with Crippen LogP contribution in [0.3, 0.4) is 0 Å². The number of aliphatic imine (C=N–C) groups is 1. The fraction of sp³-hybridized carbons (Fsp3) is 0.312. The monoisotopic (exact) mass is 339 g/mol. The zero-order valence-corrected chi connectivity index (χ0v) is 12.4. The van der Waals surface area contributed by atoms with Crippen molar-refractivity contribution in [3.05, 3.63) is 35.3 Å². The molecule has 1 aromatic rings. The molecule has 0 bridgehead atoms. The molecule has 1 aromatic carbocycles. The highest BCUT2D eigenvalue weighted by Gasteiger charge is 2.43. The lowest BCUT2D eigenvalue weighted by atomic mass is 10.0. The maximum absolute atomic E-state index is 13.5. The van der Waals surface area contributed by atoms with Crippen molar-refractivity contribution in [1.82, 2.24) is 0 Å². The maximum atomic E-state index is 13.5. The van der Waals surface area contributed by atoms with Gasteiger partial charge in [-0.1, -0.05) is 0 Å². The highest BCUT2D eigenvalue weighted by atomic mass is 19.3. The summed E-state index contributed by atoms with van der Waals surface area (Å²) >= 11 is 0. The number of rotatable bonds is 5. The average molecular weight is 339 g/mol. The van der Waals surface area contributed by atoms with Gasteiger partial charge in [-0.2, -0.15) is 0 Å². The van der Waals surface area contributed by atoms with E-state index in [1.807, 2.05) is 0 Å². The van der Waals surface area contributed by atoms with Crippen LogP contribution in [0.15, 0.2) is 34.7 Å². The highest BCUT2D eigenvalue weighted by Crippen LogP contribution is 2.41. The molecule has 0 saturated carbocycles. The number of ketones is 2. The molecule has 0 aromatic heterocycles. The van der Waals surface area contributed by atoms with Gasteiger partial charge in [-0.3, -0.25) is 14.6 Å². The SMILES string of the molecule is O=C(CCC(=O)c1ccc2c(c1)OC(F)(F)O2)C1=C(F)CCC=N1. The van der Waals surface area contributed by atoms with E-state index in [9.17, 15) is 22.8 Å². The van der Waals surface area contributed by atoms with Gasteiger partial charge in [0.05, 0.1) is 0 Å². The van der Waals surface area contributed by atoms with Crippen LogP contribution in [0.25, 0.3) is 0 Å². The van der Waals surface area contributed by atoms with Crippen LogP contribution in [0.4, 0.5) is 13.2 Å². The van der Waals surface area contributed by atoms with Crippen LogP contribution in [0.5, 0.6) is 11.5 Å². The van der Waals surface area contributed by atoms with E-state index < -0.39 is 23.7 Å². The van der Waals surface area contributed by atoms with Crippen LogP contribution in [-0.4, -0.2) is 24.1 Å². The molecule has 0 radical (unpaired) electrons. The fourth-order valence-corrected chi connectivity index (χ4v) is 2.37. The molecule has 0 unspecified atom stereocenters. The molecular weight excluding hydrogens is 327 g/mol. The Morgan fingerprint density at radius 2 is 1.83 bits per heavy atom. The minimum absolute atomic E-state index is 0.101. The third-order valence-electron chi connectivity index (χ3n) is 3.54. The van der Waals surface area contributed by atoms with Crippen molar-refractivity contribution >= 4 is 17.8 Å². The molecule has 24 heavy (non-hydrogen) atoms. The zero-order valence-electron chi connectivity index (χ0n) is 12.4. The molecule has 0 spiro atoms. The van der Waals surface area contributed by atoms with Gasteiger partial charge in [-0.05, 0) is 24.6 Å². The summed E-state index contributed by atoms with van der Waals surface area (Å²) in [6, 6.07) is 3.62. The Kier molecular flexibility index (Phi) is 4.13. The minimum atomic E-state index is -3.76. The van der Waals surface area contributed by atoms with Crippen LogP contribution in [0, 0.1) is 0 Å². The summed E-state index contributed by atoms with van der Waals surface area (Å²) in [6.07, 6.45) is -2.16. The van der Waals surface area contributed by atoms with Gasteiger partial charge in [0.15, 0.2) is 23.1 Å². The summed E-state index contributed by atoms with van der Waals surface area (Å²) in [6.45, 7) is 0. The van der Waals surface area contributed by atoms with Crippen molar-refractivity contribution in [1.29, 1.82) is 0 Å². The number of benzene rings is 1. The lowest BCUT2D eigenvalue weighted by Crippen LogP contribution is -2.25. The van der Waals surface area contributed by atoms with E-state index in [1.54, 1.807) is 0 Å². The number of carbonyl (C=O) groups excluding carboxylic acids is 2. The van der Waals surface area contributed by atoms with Crippen LogP contribution in [-0.2, 0) is 4.79 Å². The predicted molar refractivity (Wildman–Crippen MR) is 77.1 cm³/mol. The zero-order chi connectivity index (χ0) is 17.3. The van der Waals surface area contributed by atoms with Gasteiger partial charge in [0.1, 0.15) is 11.5 Å². The van der Waals surface area contributed by atoms with E-state index in [2.05, 4.69) is 14.5 Å². The van der Waals surface area contributed by atoms with Gasteiger partial charge < -0.3 is 9.47 Å². The smallest absolute Gasteiger partial charge is 0.395 e. The van der Waals surface area contributed by atoms with E-state index in [-0.39, 0.29) is 42.0 Å². The molecule has 2 aliphatic heterocycles. The number of fused-ring (bicyclic) bond motifs is 1. The summed E-state index contributed by atoms with van der Waals surface area (Å²) < 4.78 is 47.9. The number of allylic oxidation sites excluding steroid dienone is 2. The number of halogens is 3. The first-order valence-electron chi connectivity index (χ1n) is 7.23. The Bertz CT molecular complexity index is 771. The Balaban J connectivity index is 1.64. The van der Waals surface area contributed by atoms with Crippen molar-refractivity contribution in [2.24, 2.45) is 4.99 Å². The topological polar surface area (TPSA) is 65.0 Å². The first kappa shape index (κ1) is 16.2. The van der Waals surface area contributed by atoms with E-state index >= 15 is 0 Å². The predicted octanol–water partition coefficient (Wildman–Crippen LogP) is 3.59. The van der Waals surface area contributed by atoms with Crippen LogP contribution in [0.1, 0.15) is 36.0 Å². The lowest BCUT2D eigenvalue weighted by molar-refractivity contribution is -0.286. The van der Waals surface area contributed by atoms with Crippen molar-refractivity contribution in [3.63, 3.8) is 0 Å². The Labute approximate surface area is 134 Å². The second-order valence-corrected chi connectivity index (χ2v) is 5.28. The Morgan fingerprint density at radius 3 is 2.58 bits per heavy atom. The largest absolute Gasteiger partial charge is 0.586 e. The molecule has 5 nitrogen and oxygen atoms in total. The molecule has 0 amide bonds. The fourth-order valence-electron chi connectivity index (χ4n) is 2.37. The summed E-state index contributed by atoms with van der Waals surface area (Å²) in [5, 5.41) is 0. The van der Waals surface area contributed by atoms with Gasteiger partial charge in [0.25, 0.3) is 0 Å². The third-order valence-corrected chi connectivity index (χ3v) is 3.54. The maximum Gasteiger partial charge on any atom is 0.586 e. The first-order chi connectivity index (χ1) is 11.4. The van der Waals surface area contributed by atoms with Crippen molar-refractivity contribution in [2.75, 3.05) is 0 Å². The number of nitrogens with zero attached hydrogens (tertiary/aromatic N) is 1. The second kappa shape index (κ2) is 6.10. The molecule has 8 heteroatoms. The normalized spacial score (nSPS) is 18.0. The number of Topliss-reactive ketones (excluding diaryl/α,β-unsaturated/α-hetero) is 2. The second-order valence-electron chi connectivity index (χ2n) is 5.28.